The molecule has 1 aliphatic rings. The lowest BCUT2D eigenvalue weighted by Crippen LogP contribution is -2.46. The predicted octanol–water partition coefficient (Wildman–Crippen LogP) is 2.47. The Bertz CT molecular complexity index is 1050. The Morgan fingerprint density at radius 3 is 2.75 bits per heavy atom. The highest BCUT2D eigenvalue weighted by Gasteiger charge is 2.37. The third-order valence-corrected chi connectivity index (χ3v) is 4.99. The van der Waals surface area contributed by atoms with Crippen LogP contribution in [0.1, 0.15) is 19.4 Å². The van der Waals surface area contributed by atoms with Gasteiger partial charge in [-0.1, -0.05) is 12.1 Å². The average Bonchev–Trinajstić information content (AvgIpc) is 2.53. The second-order valence-corrected chi connectivity index (χ2v) is 6.93. The normalized spacial score (nSPS) is 19.2. The molecule has 3 aromatic rings. The molecule has 2 N–H and O–H groups in total. The van der Waals surface area contributed by atoms with E-state index in [0.717, 1.165) is 11.1 Å². The fourth-order valence-electron chi connectivity index (χ4n) is 3.56. The Balaban J connectivity index is 2.20. The van der Waals surface area contributed by atoms with Crippen LogP contribution < -0.4 is 10.2 Å². The van der Waals surface area contributed by atoms with Crippen molar-refractivity contribution in [2.45, 2.75) is 32.0 Å². The van der Waals surface area contributed by atoms with E-state index in [9.17, 15) is 15.0 Å². The second-order valence-electron chi connectivity index (χ2n) is 6.93. The maximum atomic E-state index is 12.9. The third kappa shape index (κ3) is 1.88. The quantitative estimate of drug-likeness (QED) is 0.623. The standard InChI is InChI=1S/C19H19NO4/c1-19(2)15(22)8-11-14(24-19)9-13(21)16-17(11)20(3)12-7-5-4-6-10(12)18(16)23/h4-7,9,15,21-22H,8H2,1-3H3. The van der Waals surface area contributed by atoms with Crippen molar-refractivity contribution in [2.24, 2.45) is 7.05 Å². The number of rotatable bonds is 0. The Kier molecular flexibility index (Phi) is 2.97. The maximum Gasteiger partial charge on any atom is 0.200 e. The van der Waals surface area contributed by atoms with Gasteiger partial charge in [0.05, 0.1) is 22.5 Å². The predicted molar refractivity (Wildman–Crippen MR) is 92.8 cm³/mol. The van der Waals surface area contributed by atoms with E-state index in [1.54, 1.807) is 26.0 Å². The molecule has 4 rings (SSSR count). The van der Waals surface area contributed by atoms with Gasteiger partial charge in [-0.05, 0) is 26.0 Å². The van der Waals surface area contributed by atoms with Crippen molar-refractivity contribution in [1.29, 1.82) is 0 Å². The Hall–Kier alpha value is -2.53. The van der Waals surface area contributed by atoms with E-state index in [1.807, 2.05) is 23.7 Å². The molecule has 1 unspecified atom stereocenters. The van der Waals surface area contributed by atoms with Gasteiger partial charge < -0.3 is 19.5 Å². The van der Waals surface area contributed by atoms with E-state index in [2.05, 4.69) is 0 Å². The van der Waals surface area contributed by atoms with Crippen molar-refractivity contribution in [3.8, 4) is 11.5 Å². The number of aliphatic hydroxyl groups excluding tert-OH is 1. The van der Waals surface area contributed by atoms with E-state index in [-0.39, 0.29) is 16.6 Å². The van der Waals surface area contributed by atoms with Gasteiger partial charge in [-0.25, -0.2) is 0 Å². The Labute approximate surface area is 138 Å². The number of nitrogens with zero attached hydrogens (tertiary/aromatic N) is 1. The van der Waals surface area contributed by atoms with Crippen molar-refractivity contribution in [3.63, 3.8) is 0 Å². The minimum absolute atomic E-state index is 0.0951. The summed E-state index contributed by atoms with van der Waals surface area (Å²) in [6, 6.07) is 8.79. The van der Waals surface area contributed by atoms with E-state index < -0.39 is 11.7 Å². The molecule has 0 radical (unpaired) electrons. The SMILES string of the molecule is Cn1c2ccccc2c(=O)c2c(O)cc3c(c21)CC(O)C(C)(C)O3. The highest BCUT2D eigenvalue weighted by molar-refractivity contribution is 5.99. The van der Waals surface area contributed by atoms with Gasteiger partial charge in [0.25, 0.3) is 0 Å². The number of benzene rings is 2. The Morgan fingerprint density at radius 2 is 2.00 bits per heavy atom. The highest BCUT2D eigenvalue weighted by Crippen LogP contribution is 2.41. The van der Waals surface area contributed by atoms with E-state index >= 15 is 0 Å². The summed E-state index contributed by atoms with van der Waals surface area (Å²) in [5.74, 6) is 0.419. The smallest absolute Gasteiger partial charge is 0.200 e. The number of fused-ring (bicyclic) bond motifs is 4. The number of aryl methyl sites for hydroxylation is 1. The molecule has 5 heteroatoms. The molecule has 2 heterocycles. The lowest BCUT2D eigenvalue weighted by Gasteiger charge is -2.37. The molecular formula is C19H19NO4. The van der Waals surface area contributed by atoms with E-state index in [1.165, 1.54) is 6.07 Å². The topological polar surface area (TPSA) is 71.7 Å². The first-order chi connectivity index (χ1) is 11.3. The van der Waals surface area contributed by atoms with Crippen LogP contribution in [0.25, 0.3) is 21.8 Å². The molecule has 5 nitrogen and oxygen atoms in total. The summed E-state index contributed by atoms with van der Waals surface area (Å²) in [5.41, 5.74) is 1.19. The van der Waals surface area contributed by atoms with Crippen molar-refractivity contribution >= 4 is 21.8 Å². The zero-order valence-electron chi connectivity index (χ0n) is 13.8. The monoisotopic (exact) mass is 325 g/mol. The number of hydrogen-bond acceptors (Lipinski definition) is 4. The van der Waals surface area contributed by atoms with Crippen molar-refractivity contribution < 1.29 is 14.9 Å². The van der Waals surface area contributed by atoms with Gasteiger partial charge >= 0.3 is 0 Å². The molecule has 0 fully saturated rings. The van der Waals surface area contributed by atoms with Crippen LogP contribution in [0.2, 0.25) is 0 Å². The first kappa shape index (κ1) is 15.0. The number of hydrogen-bond donors (Lipinski definition) is 2. The van der Waals surface area contributed by atoms with Gasteiger partial charge in [-0.2, -0.15) is 0 Å². The molecule has 0 saturated carbocycles. The average molecular weight is 325 g/mol. The van der Waals surface area contributed by atoms with Crippen LogP contribution in [0.5, 0.6) is 11.5 Å². The number of ether oxygens (including phenoxy) is 1. The molecule has 124 valence electrons. The molecule has 0 amide bonds. The Morgan fingerprint density at radius 1 is 1.29 bits per heavy atom. The number of para-hydroxylation sites is 1. The summed E-state index contributed by atoms with van der Waals surface area (Å²) >= 11 is 0. The first-order valence-corrected chi connectivity index (χ1v) is 7.94. The minimum Gasteiger partial charge on any atom is -0.507 e. The summed E-state index contributed by atoms with van der Waals surface area (Å²) in [6.45, 7) is 3.61. The molecular weight excluding hydrogens is 306 g/mol. The summed E-state index contributed by atoms with van der Waals surface area (Å²) in [7, 11) is 1.86. The summed E-state index contributed by atoms with van der Waals surface area (Å²) < 4.78 is 7.79. The molecule has 0 aliphatic carbocycles. The van der Waals surface area contributed by atoms with Crippen LogP contribution in [0, 0.1) is 0 Å². The zero-order chi connectivity index (χ0) is 17.2. The minimum atomic E-state index is -0.747. The van der Waals surface area contributed by atoms with Gasteiger partial charge in [-0.3, -0.25) is 4.79 Å². The van der Waals surface area contributed by atoms with E-state index in [4.69, 9.17) is 4.74 Å². The molecule has 0 bridgehead atoms. The number of phenols is 1. The number of aromatic nitrogens is 1. The number of phenolic OH excluding ortho intramolecular Hbond substituents is 1. The van der Waals surface area contributed by atoms with Gasteiger partial charge in [0.1, 0.15) is 17.1 Å². The summed E-state index contributed by atoms with van der Waals surface area (Å²) in [6.07, 6.45) is -0.329. The van der Waals surface area contributed by atoms with Crippen LogP contribution in [-0.2, 0) is 13.5 Å². The maximum absolute atomic E-state index is 12.9. The summed E-state index contributed by atoms with van der Waals surface area (Å²) in [5, 5.41) is 21.7. The molecule has 1 aromatic heterocycles. The zero-order valence-corrected chi connectivity index (χ0v) is 13.8. The van der Waals surface area contributed by atoms with Crippen LogP contribution in [0.3, 0.4) is 0 Å². The van der Waals surface area contributed by atoms with Gasteiger partial charge in [0.2, 0.25) is 5.43 Å². The van der Waals surface area contributed by atoms with Crippen molar-refractivity contribution in [2.75, 3.05) is 0 Å². The molecule has 1 aliphatic heterocycles. The van der Waals surface area contributed by atoms with Gasteiger partial charge in [-0.15, -0.1) is 0 Å². The molecule has 2 aromatic carbocycles. The van der Waals surface area contributed by atoms with Crippen LogP contribution >= 0.6 is 0 Å². The summed E-state index contributed by atoms with van der Waals surface area (Å²) in [4.78, 5) is 12.9. The highest BCUT2D eigenvalue weighted by atomic mass is 16.5. The lowest BCUT2D eigenvalue weighted by molar-refractivity contribution is -0.0408. The van der Waals surface area contributed by atoms with Crippen molar-refractivity contribution in [1.82, 2.24) is 4.57 Å². The molecule has 24 heavy (non-hydrogen) atoms. The fraction of sp³-hybridized carbons (Fsp3) is 0.316. The van der Waals surface area contributed by atoms with Crippen LogP contribution in [0.15, 0.2) is 35.1 Å². The van der Waals surface area contributed by atoms with Crippen molar-refractivity contribution in [3.05, 3.63) is 46.1 Å². The number of pyridine rings is 1. The fourth-order valence-corrected chi connectivity index (χ4v) is 3.56. The molecule has 0 spiro atoms. The van der Waals surface area contributed by atoms with Gasteiger partial charge in [0, 0.05) is 30.5 Å². The molecule has 0 saturated heterocycles. The second kappa shape index (κ2) is 4.74. The third-order valence-electron chi connectivity index (χ3n) is 4.99. The van der Waals surface area contributed by atoms with Crippen LogP contribution in [0.4, 0.5) is 0 Å². The van der Waals surface area contributed by atoms with Gasteiger partial charge in [0.15, 0.2) is 0 Å². The van der Waals surface area contributed by atoms with Crippen LogP contribution in [-0.4, -0.2) is 26.5 Å². The number of aromatic hydroxyl groups is 1. The lowest BCUT2D eigenvalue weighted by atomic mass is 9.89. The largest absolute Gasteiger partial charge is 0.507 e. The molecule has 1 atom stereocenters. The number of aliphatic hydroxyl groups is 1. The first-order valence-electron chi connectivity index (χ1n) is 7.94. The van der Waals surface area contributed by atoms with E-state index in [0.29, 0.717) is 23.1 Å².